The number of thiazole rings is 1. The van der Waals surface area contributed by atoms with Crippen molar-refractivity contribution in [3.05, 3.63) is 91.2 Å². The number of allylic oxidation sites excluding steroid dienone is 1. The molecule has 6 nitrogen and oxygen atoms in total. The van der Waals surface area contributed by atoms with Gasteiger partial charge in [0.25, 0.3) is 5.56 Å². The van der Waals surface area contributed by atoms with E-state index in [2.05, 4.69) is 78.1 Å². The Hall–Kier alpha value is -1.99. The molecule has 3 aromatic rings. The van der Waals surface area contributed by atoms with Crippen LogP contribution in [0.1, 0.15) is 76.1 Å². The molecule has 0 amide bonds. The summed E-state index contributed by atoms with van der Waals surface area (Å²) >= 11 is 5.88. The largest absolute Gasteiger partial charge is 0.492 e. The number of hydrogen-bond donors (Lipinski definition) is 0. The molecule has 0 saturated heterocycles. The molecular weight excluding hydrogens is 738 g/mol. The molecule has 1 atom stereocenters. The van der Waals surface area contributed by atoms with Gasteiger partial charge < -0.3 is 9.47 Å². The van der Waals surface area contributed by atoms with Gasteiger partial charge in [-0.05, 0) is 106 Å². The fraction of sp³-hybridized carbons (Fsp3) is 0.367. The van der Waals surface area contributed by atoms with Crippen LogP contribution in [0, 0.1) is 7.14 Å². The first-order valence-corrected chi connectivity index (χ1v) is 16.1. The van der Waals surface area contributed by atoms with Gasteiger partial charge in [0.2, 0.25) is 0 Å². The summed E-state index contributed by atoms with van der Waals surface area (Å²) in [4.78, 5) is 32.8. The average Bonchev–Trinajstić information content (AvgIpc) is 3.20. The van der Waals surface area contributed by atoms with Crippen LogP contribution in [0.4, 0.5) is 0 Å². The van der Waals surface area contributed by atoms with Crippen LogP contribution in [0.25, 0.3) is 6.08 Å². The summed E-state index contributed by atoms with van der Waals surface area (Å²) < 4.78 is 15.5. The number of benzene rings is 2. The van der Waals surface area contributed by atoms with Crippen LogP contribution in [0.3, 0.4) is 0 Å². The number of fused-ring (bicyclic) bond motifs is 1. The molecule has 0 aliphatic carbocycles. The minimum atomic E-state index is -0.606. The Morgan fingerprint density at radius 3 is 2.33 bits per heavy atom. The average molecular weight is 770 g/mol. The van der Waals surface area contributed by atoms with E-state index in [1.54, 1.807) is 11.5 Å². The smallest absolute Gasteiger partial charge is 0.338 e. The topological polar surface area (TPSA) is 69.9 Å². The van der Waals surface area contributed by atoms with E-state index < -0.39 is 12.0 Å². The molecule has 2 aromatic carbocycles. The molecule has 1 aliphatic heterocycles. The first-order chi connectivity index (χ1) is 18.7. The fourth-order valence-corrected chi connectivity index (χ4v) is 7.74. The van der Waals surface area contributed by atoms with Crippen LogP contribution in [0.15, 0.2) is 57.5 Å². The van der Waals surface area contributed by atoms with Crippen molar-refractivity contribution in [2.45, 2.75) is 59.4 Å². The molecular formula is C30H32I2N2O4S. The second-order valence-electron chi connectivity index (χ2n) is 9.48. The predicted molar refractivity (Wildman–Crippen MR) is 173 cm³/mol. The minimum absolute atomic E-state index is 0.173. The van der Waals surface area contributed by atoms with E-state index in [0.29, 0.717) is 39.5 Å². The number of carbonyl (C=O) groups excluding carboxylic acids is 1. The number of rotatable bonds is 9. The third-order valence-corrected chi connectivity index (χ3v) is 9.00. The van der Waals surface area contributed by atoms with E-state index in [-0.39, 0.29) is 12.2 Å². The molecule has 0 radical (unpaired) electrons. The zero-order valence-electron chi connectivity index (χ0n) is 22.7. The van der Waals surface area contributed by atoms with Gasteiger partial charge >= 0.3 is 5.97 Å². The quantitative estimate of drug-likeness (QED) is 0.189. The lowest BCUT2D eigenvalue weighted by Crippen LogP contribution is -2.40. The molecule has 0 unspecified atom stereocenters. The summed E-state index contributed by atoms with van der Waals surface area (Å²) in [6, 6.07) is 11.6. The Kier molecular flexibility index (Phi) is 10.1. The lowest BCUT2D eigenvalue weighted by molar-refractivity contribution is -0.139. The molecule has 0 fully saturated rings. The summed E-state index contributed by atoms with van der Waals surface area (Å²) in [6.07, 6.45) is 3.34. The van der Waals surface area contributed by atoms with Crippen molar-refractivity contribution in [3.8, 4) is 5.75 Å². The highest BCUT2D eigenvalue weighted by molar-refractivity contribution is 14.1. The molecule has 1 aliphatic rings. The third kappa shape index (κ3) is 6.35. The van der Waals surface area contributed by atoms with Gasteiger partial charge in [-0.25, -0.2) is 9.79 Å². The zero-order valence-corrected chi connectivity index (χ0v) is 27.8. The van der Waals surface area contributed by atoms with Crippen LogP contribution in [-0.4, -0.2) is 23.8 Å². The molecule has 0 N–H and O–H groups in total. The Morgan fingerprint density at radius 2 is 1.77 bits per heavy atom. The van der Waals surface area contributed by atoms with Gasteiger partial charge in [0.15, 0.2) is 4.80 Å². The van der Waals surface area contributed by atoms with Gasteiger partial charge in [0, 0.05) is 0 Å². The van der Waals surface area contributed by atoms with Crippen molar-refractivity contribution in [2.24, 2.45) is 4.99 Å². The number of ether oxygens (including phenoxy) is 2. The first-order valence-electron chi connectivity index (χ1n) is 13.1. The number of halogens is 2. The monoisotopic (exact) mass is 770 g/mol. The van der Waals surface area contributed by atoms with Crippen LogP contribution in [-0.2, 0) is 9.53 Å². The predicted octanol–water partition coefficient (Wildman–Crippen LogP) is 6.31. The second kappa shape index (κ2) is 13.1. The van der Waals surface area contributed by atoms with Gasteiger partial charge in [-0.15, -0.1) is 0 Å². The van der Waals surface area contributed by atoms with E-state index in [9.17, 15) is 9.59 Å². The molecule has 206 valence electrons. The van der Waals surface area contributed by atoms with Gasteiger partial charge in [0.1, 0.15) is 5.75 Å². The molecule has 4 rings (SSSR count). The molecule has 0 spiro atoms. The Labute approximate surface area is 260 Å². The standard InChI is InChI=1S/C30H32I2N2O4S/c1-6-9-23-25(29(36)38-8-3)26(20-12-10-19(11-13-20)17(4)5)34-28(35)24(39-30(34)33-23)16-18-14-21(31)27(37-7-2)22(32)15-18/h10-17,26H,6-9H2,1-5H3/b24-16-/t26-/m0/s1. The van der Waals surface area contributed by atoms with Gasteiger partial charge in [-0.3, -0.25) is 9.36 Å². The van der Waals surface area contributed by atoms with Crippen LogP contribution in [0.5, 0.6) is 5.75 Å². The number of carbonyl (C=O) groups is 1. The molecule has 2 heterocycles. The third-order valence-electron chi connectivity index (χ3n) is 6.42. The zero-order chi connectivity index (χ0) is 28.3. The minimum Gasteiger partial charge on any atom is -0.492 e. The molecule has 39 heavy (non-hydrogen) atoms. The lowest BCUT2D eigenvalue weighted by Gasteiger charge is -2.26. The Morgan fingerprint density at radius 1 is 1.10 bits per heavy atom. The van der Waals surface area contributed by atoms with Crippen LogP contribution in [0.2, 0.25) is 0 Å². The summed E-state index contributed by atoms with van der Waals surface area (Å²) in [5.74, 6) is 0.800. The highest BCUT2D eigenvalue weighted by Crippen LogP contribution is 2.33. The van der Waals surface area contributed by atoms with E-state index in [0.717, 1.165) is 30.4 Å². The fourth-order valence-electron chi connectivity index (χ4n) is 4.60. The highest BCUT2D eigenvalue weighted by atomic mass is 127. The molecule has 9 heteroatoms. The first kappa shape index (κ1) is 30.0. The molecule has 0 bridgehead atoms. The SMILES string of the molecule is CCCC1=C(C(=O)OCC)[C@H](c2ccc(C(C)C)cc2)n2c(s/c(=C\c3cc(I)c(OCC)c(I)c3)c2=O)=N1. The summed E-state index contributed by atoms with van der Waals surface area (Å²) in [6.45, 7) is 10.9. The van der Waals surface area contributed by atoms with Crippen molar-refractivity contribution in [1.29, 1.82) is 0 Å². The maximum absolute atomic E-state index is 14.0. The van der Waals surface area contributed by atoms with Crippen molar-refractivity contribution in [1.82, 2.24) is 4.57 Å². The summed E-state index contributed by atoms with van der Waals surface area (Å²) in [7, 11) is 0. The Balaban J connectivity index is 1.95. The molecule has 1 aromatic heterocycles. The maximum atomic E-state index is 14.0. The maximum Gasteiger partial charge on any atom is 0.338 e. The summed E-state index contributed by atoms with van der Waals surface area (Å²) in [5.41, 5.74) is 3.93. The normalized spacial score (nSPS) is 15.4. The van der Waals surface area contributed by atoms with Gasteiger partial charge in [0.05, 0.1) is 42.2 Å². The van der Waals surface area contributed by atoms with Crippen LogP contribution >= 0.6 is 56.5 Å². The van der Waals surface area contributed by atoms with Crippen molar-refractivity contribution in [2.75, 3.05) is 13.2 Å². The van der Waals surface area contributed by atoms with E-state index >= 15 is 0 Å². The van der Waals surface area contributed by atoms with Crippen molar-refractivity contribution >= 4 is 68.6 Å². The van der Waals surface area contributed by atoms with E-state index in [1.807, 2.05) is 37.3 Å². The van der Waals surface area contributed by atoms with Crippen molar-refractivity contribution in [3.63, 3.8) is 0 Å². The number of hydrogen-bond acceptors (Lipinski definition) is 6. The number of aromatic nitrogens is 1. The highest BCUT2D eigenvalue weighted by Gasteiger charge is 2.34. The number of esters is 1. The van der Waals surface area contributed by atoms with Crippen LogP contribution < -0.4 is 19.6 Å². The van der Waals surface area contributed by atoms with E-state index in [1.165, 1.54) is 16.9 Å². The van der Waals surface area contributed by atoms with E-state index in [4.69, 9.17) is 14.5 Å². The summed E-state index contributed by atoms with van der Waals surface area (Å²) in [5, 5.41) is 0. The van der Waals surface area contributed by atoms with Crippen molar-refractivity contribution < 1.29 is 14.3 Å². The molecule has 0 saturated carbocycles. The Bertz CT molecular complexity index is 1560. The lowest BCUT2D eigenvalue weighted by atomic mass is 9.92. The van der Waals surface area contributed by atoms with Gasteiger partial charge in [-0.1, -0.05) is 62.8 Å². The second-order valence-corrected chi connectivity index (χ2v) is 12.8. The van der Waals surface area contributed by atoms with Gasteiger partial charge in [-0.2, -0.15) is 0 Å². The number of nitrogens with zero attached hydrogens (tertiary/aromatic N) is 2.